The summed E-state index contributed by atoms with van der Waals surface area (Å²) in [7, 11) is 2.74. The zero-order valence-electron chi connectivity index (χ0n) is 19.2. The fourth-order valence-corrected chi connectivity index (χ4v) is 5.64. The summed E-state index contributed by atoms with van der Waals surface area (Å²) >= 11 is 0. The van der Waals surface area contributed by atoms with Gasteiger partial charge < -0.3 is 14.2 Å². The van der Waals surface area contributed by atoms with Crippen LogP contribution in [0.2, 0.25) is 0 Å². The smallest absolute Gasteiger partial charge is 0.330 e. The second kappa shape index (κ2) is 9.80. The fraction of sp³-hybridized carbons (Fsp3) is 0.708. The summed E-state index contributed by atoms with van der Waals surface area (Å²) in [5, 5.41) is 0. The molecule has 0 aromatic carbocycles. The van der Waals surface area contributed by atoms with E-state index in [4.69, 9.17) is 14.2 Å². The number of fused-ring (bicyclic) bond motifs is 1. The Morgan fingerprint density at radius 1 is 1.07 bits per heavy atom. The first-order valence-corrected chi connectivity index (χ1v) is 10.7. The highest BCUT2D eigenvalue weighted by molar-refractivity contribution is 5.82. The predicted octanol–water partition coefficient (Wildman–Crippen LogP) is 4.24. The van der Waals surface area contributed by atoms with Gasteiger partial charge in [-0.2, -0.15) is 0 Å². The Hall–Kier alpha value is -2.11. The van der Waals surface area contributed by atoms with Crippen molar-refractivity contribution in [1.82, 2.24) is 0 Å². The largest absolute Gasteiger partial charge is 0.469 e. The van der Waals surface area contributed by atoms with Gasteiger partial charge in [0.1, 0.15) is 6.61 Å². The van der Waals surface area contributed by atoms with Crippen LogP contribution in [0.25, 0.3) is 0 Å². The second-order valence-electron chi connectivity index (χ2n) is 9.51. The van der Waals surface area contributed by atoms with Crippen molar-refractivity contribution in [2.24, 2.45) is 28.6 Å². The van der Waals surface area contributed by atoms with E-state index in [-0.39, 0.29) is 35.2 Å². The standard InChI is InChI=1S/C24H36O6/c1-16(25)30-15-17(14-21(26)28-5)8-10-19-18(22(27)29-6)9-11-20-23(2,3)12-7-13-24(19,20)4/h9,11,14,18-20H,7-8,10,12-13,15H2,1-6H3. The summed E-state index contributed by atoms with van der Waals surface area (Å²) in [6.45, 7) is 8.28. The molecule has 0 heterocycles. The van der Waals surface area contributed by atoms with E-state index < -0.39 is 11.9 Å². The molecule has 0 aromatic rings. The Kier molecular flexibility index (Phi) is 7.89. The Labute approximate surface area is 180 Å². The first kappa shape index (κ1) is 24.2. The van der Waals surface area contributed by atoms with Crippen LogP contribution in [0, 0.1) is 28.6 Å². The van der Waals surface area contributed by atoms with Gasteiger partial charge in [0.05, 0.1) is 20.1 Å². The van der Waals surface area contributed by atoms with Gasteiger partial charge >= 0.3 is 17.9 Å². The lowest BCUT2D eigenvalue weighted by molar-refractivity contribution is -0.150. The Balaban J connectivity index is 2.32. The summed E-state index contributed by atoms with van der Waals surface area (Å²) in [6.07, 6.45) is 10.2. The summed E-state index contributed by atoms with van der Waals surface area (Å²) in [4.78, 5) is 35.7. The number of allylic oxidation sites excluding steroid dienone is 1. The van der Waals surface area contributed by atoms with Gasteiger partial charge in [0.2, 0.25) is 0 Å². The molecule has 0 spiro atoms. The van der Waals surface area contributed by atoms with E-state index in [0.717, 1.165) is 19.3 Å². The van der Waals surface area contributed by atoms with Crippen molar-refractivity contribution in [2.45, 2.75) is 59.8 Å². The maximum atomic E-state index is 12.6. The SMILES string of the molecule is COC(=O)C=C(CCC1C(C(=O)OC)C=CC2C(C)(C)CCCC12C)COC(C)=O. The Morgan fingerprint density at radius 2 is 1.77 bits per heavy atom. The van der Waals surface area contributed by atoms with Crippen molar-refractivity contribution in [1.29, 1.82) is 0 Å². The molecule has 2 aliphatic carbocycles. The molecule has 4 atom stereocenters. The van der Waals surface area contributed by atoms with E-state index in [1.165, 1.54) is 27.2 Å². The van der Waals surface area contributed by atoms with Gasteiger partial charge in [0.25, 0.3) is 0 Å². The average Bonchev–Trinajstić information content (AvgIpc) is 2.68. The summed E-state index contributed by atoms with van der Waals surface area (Å²) in [5.41, 5.74) is 0.795. The van der Waals surface area contributed by atoms with Gasteiger partial charge in [0.15, 0.2) is 0 Å². The van der Waals surface area contributed by atoms with Crippen LogP contribution >= 0.6 is 0 Å². The minimum Gasteiger partial charge on any atom is -0.469 e. The van der Waals surface area contributed by atoms with Crippen molar-refractivity contribution in [2.75, 3.05) is 20.8 Å². The van der Waals surface area contributed by atoms with Gasteiger partial charge in [-0.1, -0.05) is 39.3 Å². The van der Waals surface area contributed by atoms with Crippen LogP contribution in [0.4, 0.5) is 0 Å². The number of rotatable bonds is 7. The predicted molar refractivity (Wildman–Crippen MR) is 113 cm³/mol. The zero-order chi connectivity index (χ0) is 22.5. The fourth-order valence-electron chi connectivity index (χ4n) is 5.64. The minimum absolute atomic E-state index is 0.0432. The van der Waals surface area contributed by atoms with Crippen LogP contribution in [0.1, 0.15) is 59.8 Å². The van der Waals surface area contributed by atoms with Crippen molar-refractivity contribution in [3.05, 3.63) is 23.8 Å². The number of esters is 3. The zero-order valence-corrected chi connectivity index (χ0v) is 19.2. The normalized spacial score (nSPS) is 30.2. The Morgan fingerprint density at radius 3 is 2.37 bits per heavy atom. The molecule has 1 fully saturated rings. The third-order valence-corrected chi connectivity index (χ3v) is 7.11. The third-order valence-electron chi connectivity index (χ3n) is 7.11. The monoisotopic (exact) mass is 420 g/mol. The van der Waals surface area contributed by atoms with E-state index in [2.05, 4.69) is 26.8 Å². The maximum absolute atomic E-state index is 12.6. The molecule has 2 rings (SSSR count). The molecule has 0 N–H and O–H groups in total. The van der Waals surface area contributed by atoms with Crippen molar-refractivity contribution >= 4 is 17.9 Å². The first-order chi connectivity index (χ1) is 14.0. The molecule has 4 unspecified atom stereocenters. The number of ether oxygens (including phenoxy) is 3. The van der Waals surface area contributed by atoms with Gasteiger partial charge in [0, 0.05) is 13.0 Å². The van der Waals surface area contributed by atoms with Gasteiger partial charge in [-0.05, 0) is 53.9 Å². The third kappa shape index (κ3) is 5.32. The van der Waals surface area contributed by atoms with Crippen molar-refractivity contribution in [3.8, 4) is 0 Å². The number of carbonyl (C=O) groups is 3. The number of carbonyl (C=O) groups excluding carboxylic acids is 3. The molecule has 30 heavy (non-hydrogen) atoms. The quantitative estimate of drug-likeness (QED) is 0.265. The van der Waals surface area contributed by atoms with E-state index >= 15 is 0 Å². The molecule has 0 aliphatic heterocycles. The Bertz CT molecular complexity index is 719. The van der Waals surface area contributed by atoms with Crippen LogP contribution in [0.3, 0.4) is 0 Å². The maximum Gasteiger partial charge on any atom is 0.330 e. The van der Waals surface area contributed by atoms with Crippen LogP contribution < -0.4 is 0 Å². The lowest BCUT2D eigenvalue weighted by atomic mass is 9.48. The summed E-state index contributed by atoms with van der Waals surface area (Å²) < 4.78 is 15.0. The van der Waals surface area contributed by atoms with Crippen molar-refractivity contribution in [3.63, 3.8) is 0 Å². The molecule has 168 valence electrons. The molecule has 0 saturated heterocycles. The van der Waals surface area contributed by atoms with E-state index in [1.807, 2.05) is 6.08 Å². The molecule has 0 amide bonds. The highest BCUT2D eigenvalue weighted by atomic mass is 16.5. The van der Waals surface area contributed by atoms with Gasteiger partial charge in [-0.25, -0.2) is 4.79 Å². The number of methoxy groups -OCH3 is 2. The molecule has 2 aliphatic rings. The lowest BCUT2D eigenvalue weighted by Crippen LogP contribution is -2.51. The van der Waals surface area contributed by atoms with Crippen LogP contribution in [-0.4, -0.2) is 38.7 Å². The molecular formula is C24H36O6. The minimum atomic E-state index is -0.479. The highest BCUT2D eigenvalue weighted by Crippen LogP contribution is 2.60. The summed E-state index contributed by atoms with van der Waals surface area (Å²) in [5.74, 6) is -0.993. The van der Waals surface area contributed by atoms with Crippen molar-refractivity contribution < 1.29 is 28.6 Å². The number of hydrogen-bond acceptors (Lipinski definition) is 6. The topological polar surface area (TPSA) is 78.9 Å². The van der Waals surface area contributed by atoms with Crippen LogP contribution in [0.5, 0.6) is 0 Å². The molecular weight excluding hydrogens is 384 g/mol. The molecule has 1 saturated carbocycles. The van der Waals surface area contributed by atoms with Crippen LogP contribution in [-0.2, 0) is 28.6 Å². The van der Waals surface area contributed by atoms with E-state index in [0.29, 0.717) is 24.3 Å². The molecule has 6 heteroatoms. The highest BCUT2D eigenvalue weighted by Gasteiger charge is 2.54. The number of hydrogen-bond donors (Lipinski definition) is 0. The van der Waals surface area contributed by atoms with Gasteiger partial charge in [-0.3, -0.25) is 9.59 Å². The molecule has 0 radical (unpaired) electrons. The van der Waals surface area contributed by atoms with E-state index in [9.17, 15) is 14.4 Å². The first-order valence-electron chi connectivity index (χ1n) is 10.7. The molecule has 0 bridgehead atoms. The van der Waals surface area contributed by atoms with E-state index in [1.54, 1.807) is 0 Å². The summed E-state index contributed by atoms with van der Waals surface area (Å²) in [6, 6.07) is 0. The molecule has 6 nitrogen and oxygen atoms in total. The lowest BCUT2D eigenvalue weighted by Gasteiger charge is -2.56. The van der Waals surface area contributed by atoms with Gasteiger partial charge in [-0.15, -0.1) is 0 Å². The average molecular weight is 421 g/mol. The molecule has 0 aromatic heterocycles. The van der Waals surface area contributed by atoms with Crippen LogP contribution in [0.15, 0.2) is 23.8 Å². The second-order valence-corrected chi connectivity index (χ2v) is 9.51.